The zero-order valence-corrected chi connectivity index (χ0v) is 12.2. The summed E-state index contributed by atoms with van der Waals surface area (Å²) in [5, 5.41) is 2.48. The predicted octanol–water partition coefficient (Wildman–Crippen LogP) is 4.51. The largest absolute Gasteiger partial charge is 0.322 e. The molecule has 0 radical (unpaired) electrons. The normalized spacial score (nSPS) is 11.3. The van der Waals surface area contributed by atoms with Crippen molar-refractivity contribution in [3.63, 3.8) is 0 Å². The monoisotopic (exact) mass is 289 g/mol. The fraction of sp³-hybridized carbons (Fsp3) is 0.235. The molecular formula is C17H17F2NO. The second-order valence-electron chi connectivity index (χ2n) is 5.94. The highest BCUT2D eigenvalue weighted by Crippen LogP contribution is 2.22. The van der Waals surface area contributed by atoms with Crippen LogP contribution in [0.5, 0.6) is 0 Å². The summed E-state index contributed by atoms with van der Waals surface area (Å²) in [4.78, 5) is 12.0. The zero-order valence-electron chi connectivity index (χ0n) is 12.2. The summed E-state index contributed by atoms with van der Waals surface area (Å²) in [7, 11) is 0. The molecule has 2 aromatic rings. The average Bonchev–Trinajstić information content (AvgIpc) is 2.36. The lowest BCUT2D eigenvalue weighted by atomic mass is 9.87. The van der Waals surface area contributed by atoms with Crippen LogP contribution in [0.4, 0.5) is 14.5 Å². The summed E-state index contributed by atoms with van der Waals surface area (Å²) < 4.78 is 26.1. The third kappa shape index (κ3) is 3.88. The second-order valence-corrected chi connectivity index (χ2v) is 5.94. The Morgan fingerprint density at radius 1 is 0.952 bits per heavy atom. The first-order chi connectivity index (χ1) is 9.75. The van der Waals surface area contributed by atoms with Gasteiger partial charge in [-0.05, 0) is 35.2 Å². The van der Waals surface area contributed by atoms with Crippen LogP contribution in [0.3, 0.4) is 0 Å². The van der Waals surface area contributed by atoms with Gasteiger partial charge < -0.3 is 5.32 Å². The Kier molecular flexibility index (Phi) is 4.07. The van der Waals surface area contributed by atoms with Gasteiger partial charge in [0.2, 0.25) is 0 Å². The van der Waals surface area contributed by atoms with E-state index in [4.69, 9.17) is 0 Å². The number of carbonyl (C=O) groups excluding carboxylic acids is 1. The molecule has 0 bridgehead atoms. The minimum Gasteiger partial charge on any atom is -0.322 e. The van der Waals surface area contributed by atoms with E-state index < -0.39 is 17.5 Å². The van der Waals surface area contributed by atoms with E-state index in [0.717, 1.165) is 23.8 Å². The van der Waals surface area contributed by atoms with Crippen LogP contribution in [0.15, 0.2) is 42.5 Å². The lowest BCUT2D eigenvalue weighted by Gasteiger charge is -2.19. The summed E-state index contributed by atoms with van der Waals surface area (Å²) >= 11 is 0. The fourth-order valence-corrected chi connectivity index (χ4v) is 1.95. The van der Waals surface area contributed by atoms with Gasteiger partial charge in [-0.1, -0.05) is 32.9 Å². The van der Waals surface area contributed by atoms with Gasteiger partial charge in [-0.2, -0.15) is 0 Å². The number of rotatable bonds is 2. The van der Waals surface area contributed by atoms with E-state index in [9.17, 15) is 13.6 Å². The molecule has 110 valence electrons. The topological polar surface area (TPSA) is 29.1 Å². The third-order valence-corrected chi connectivity index (χ3v) is 3.13. The SMILES string of the molecule is CC(C)(C)c1ccc(C(=O)Nc2cc(F)cc(F)c2)cc1. The minimum atomic E-state index is -0.728. The van der Waals surface area contributed by atoms with Crippen LogP contribution in [0.1, 0.15) is 36.7 Å². The van der Waals surface area contributed by atoms with Gasteiger partial charge in [-0.15, -0.1) is 0 Å². The summed E-state index contributed by atoms with van der Waals surface area (Å²) in [6, 6.07) is 10.1. The van der Waals surface area contributed by atoms with Crippen molar-refractivity contribution in [3.8, 4) is 0 Å². The van der Waals surface area contributed by atoms with Crippen molar-refractivity contribution in [1.82, 2.24) is 0 Å². The Labute approximate surface area is 122 Å². The molecule has 0 aliphatic carbocycles. The molecule has 21 heavy (non-hydrogen) atoms. The van der Waals surface area contributed by atoms with E-state index in [1.165, 1.54) is 0 Å². The zero-order chi connectivity index (χ0) is 15.6. The molecule has 0 aromatic heterocycles. The molecule has 2 aromatic carbocycles. The van der Waals surface area contributed by atoms with Gasteiger partial charge >= 0.3 is 0 Å². The molecule has 0 aliphatic rings. The molecule has 2 nitrogen and oxygen atoms in total. The lowest BCUT2D eigenvalue weighted by molar-refractivity contribution is 0.102. The van der Waals surface area contributed by atoms with Crippen LogP contribution >= 0.6 is 0 Å². The average molecular weight is 289 g/mol. The molecule has 0 saturated carbocycles. The van der Waals surface area contributed by atoms with Gasteiger partial charge in [0, 0.05) is 17.3 Å². The van der Waals surface area contributed by atoms with Crippen LogP contribution in [-0.2, 0) is 5.41 Å². The van der Waals surface area contributed by atoms with Crippen LogP contribution in [0.2, 0.25) is 0 Å². The molecule has 0 aliphatic heterocycles. The van der Waals surface area contributed by atoms with E-state index in [1.807, 2.05) is 12.1 Å². The van der Waals surface area contributed by atoms with Gasteiger partial charge in [0.05, 0.1) is 0 Å². The molecule has 1 N–H and O–H groups in total. The molecule has 1 amide bonds. The highest BCUT2D eigenvalue weighted by molar-refractivity contribution is 6.04. The Bertz CT molecular complexity index is 637. The van der Waals surface area contributed by atoms with Crippen molar-refractivity contribution < 1.29 is 13.6 Å². The van der Waals surface area contributed by atoms with Gasteiger partial charge in [0.15, 0.2) is 0 Å². The van der Waals surface area contributed by atoms with Gasteiger partial charge in [0.1, 0.15) is 11.6 Å². The first-order valence-corrected chi connectivity index (χ1v) is 6.64. The Morgan fingerprint density at radius 3 is 1.95 bits per heavy atom. The summed E-state index contributed by atoms with van der Waals surface area (Å²) in [6.07, 6.45) is 0. The molecule has 4 heteroatoms. The van der Waals surface area contributed by atoms with E-state index in [1.54, 1.807) is 12.1 Å². The molecular weight excluding hydrogens is 272 g/mol. The molecule has 0 atom stereocenters. The lowest BCUT2D eigenvalue weighted by Crippen LogP contribution is -2.14. The fourth-order valence-electron chi connectivity index (χ4n) is 1.95. The number of benzene rings is 2. The molecule has 0 saturated heterocycles. The summed E-state index contributed by atoms with van der Waals surface area (Å²) in [5.41, 5.74) is 1.64. The number of hydrogen-bond donors (Lipinski definition) is 1. The van der Waals surface area contributed by atoms with Gasteiger partial charge in [0.25, 0.3) is 5.91 Å². The number of amides is 1. The highest BCUT2D eigenvalue weighted by atomic mass is 19.1. The predicted molar refractivity (Wildman–Crippen MR) is 79.5 cm³/mol. The Balaban J connectivity index is 2.17. The molecule has 2 rings (SSSR count). The first-order valence-electron chi connectivity index (χ1n) is 6.64. The van der Waals surface area contributed by atoms with Crippen molar-refractivity contribution in [1.29, 1.82) is 0 Å². The van der Waals surface area contributed by atoms with Crippen molar-refractivity contribution in [3.05, 3.63) is 65.2 Å². The minimum absolute atomic E-state index is 0.000688. The number of carbonyl (C=O) groups is 1. The second kappa shape index (κ2) is 5.64. The van der Waals surface area contributed by atoms with E-state index in [2.05, 4.69) is 26.1 Å². The Morgan fingerprint density at radius 2 is 1.48 bits per heavy atom. The van der Waals surface area contributed by atoms with Crippen molar-refractivity contribution in [2.45, 2.75) is 26.2 Å². The number of anilines is 1. The van der Waals surface area contributed by atoms with Crippen LogP contribution in [0.25, 0.3) is 0 Å². The standard InChI is InChI=1S/C17H17F2NO/c1-17(2,3)12-6-4-11(5-7-12)16(21)20-15-9-13(18)8-14(19)10-15/h4-10H,1-3H3,(H,20,21). The molecule has 0 spiro atoms. The van der Waals surface area contributed by atoms with Gasteiger partial charge in [-0.3, -0.25) is 4.79 Å². The van der Waals surface area contributed by atoms with Crippen molar-refractivity contribution in [2.24, 2.45) is 0 Å². The first kappa shape index (κ1) is 15.2. The smallest absolute Gasteiger partial charge is 0.255 e. The van der Waals surface area contributed by atoms with Crippen LogP contribution in [0, 0.1) is 11.6 Å². The van der Waals surface area contributed by atoms with E-state index in [-0.39, 0.29) is 11.1 Å². The number of halogens is 2. The van der Waals surface area contributed by atoms with E-state index in [0.29, 0.717) is 5.56 Å². The van der Waals surface area contributed by atoms with Crippen molar-refractivity contribution in [2.75, 3.05) is 5.32 Å². The maximum Gasteiger partial charge on any atom is 0.255 e. The van der Waals surface area contributed by atoms with Crippen LogP contribution in [-0.4, -0.2) is 5.91 Å². The molecule has 0 heterocycles. The summed E-state index contributed by atoms with van der Waals surface area (Å²) in [6.45, 7) is 6.24. The maximum atomic E-state index is 13.1. The highest BCUT2D eigenvalue weighted by Gasteiger charge is 2.14. The molecule has 0 fully saturated rings. The maximum absolute atomic E-state index is 13.1. The van der Waals surface area contributed by atoms with Crippen LogP contribution < -0.4 is 5.32 Å². The van der Waals surface area contributed by atoms with Gasteiger partial charge in [-0.25, -0.2) is 8.78 Å². The molecule has 0 unspecified atom stereocenters. The Hall–Kier alpha value is -2.23. The third-order valence-electron chi connectivity index (χ3n) is 3.13. The number of nitrogens with one attached hydrogen (secondary N) is 1. The number of hydrogen-bond acceptors (Lipinski definition) is 1. The van der Waals surface area contributed by atoms with E-state index >= 15 is 0 Å². The van der Waals surface area contributed by atoms with Crippen molar-refractivity contribution >= 4 is 11.6 Å². The summed E-state index contributed by atoms with van der Waals surface area (Å²) in [5.74, 6) is -1.86. The quantitative estimate of drug-likeness (QED) is 0.865.